The Hall–Kier alpha value is -4.83. The molecule has 6 heterocycles. The highest BCUT2D eigenvalue weighted by Gasteiger charge is 2.61. The van der Waals surface area contributed by atoms with Crippen molar-refractivity contribution in [1.29, 1.82) is 0 Å². The molecule has 254 valence electrons. The molecule has 0 saturated carbocycles. The van der Waals surface area contributed by atoms with Crippen molar-refractivity contribution >= 4 is 39.9 Å². The van der Waals surface area contributed by atoms with Crippen LogP contribution in [0.15, 0.2) is 54.3 Å². The Bertz CT molecular complexity index is 1970. The van der Waals surface area contributed by atoms with Gasteiger partial charge in [-0.2, -0.15) is 13.2 Å². The first kappa shape index (κ1) is 31.4. The van der Waals surface area contributed by atoms with Crippen molar-refractivity contribution in [2.75, 3.05) is 36.4 Å². The molecule has 1 unspecified atom stereocenters. The van der Waals surface area contributed by atoms with Crippen LogP contribution in [0, 0.1) is 11.2 Å². The topological polar surface area (TPSA) is 122 Å². The Morgan fingerprint density at radius 3 is 2.57 bits per heavy atom. The lowest BCUT2D eigenvalue weighted by molar-refractivity contribution is -0.228. The molecule has 2 saturated heterocycles. The van der Waals surface area contributed by atoms with Crippen LogP contribution >= 0.6 is 11.3 Å². The van der Waals surface area contributed by atoms with Gasteiger partial charge >= 0.3 is 17.9 Å². The van der Waals surface area contributed by atoms with Crippen molar-refractivity contribution in [3.63, 3.8) is 0 Å². The number of anilines is 2. The van der Waals surface area contributed by atoms with Gasteiger partial charge in [0.15, 0.2) is 5.13 Å². The third kappa shape index (κ3) is 5.15. The van der Waals surface area contributed by atoms with Crippen molar-refractivity contribution < 1.29 is 36.7 Å². The summed E-state index contributed by atoms with van der Waals surface area (Å²) in [7, 11) is 0. The number of thiazole rings is 1. The van der Waals surface area contributed by atoms with Crippen LogP contribution in [0.5, 0.6) is 0 Å². The van der Waals surface area contributed by atoms with E-state index in [4.69, 9.17) is 4.74 Å². The fourth-order valence-corrected chi connectivity index (χ4v) is 7.91. The summed E-state index contributed by atoms with van der Waals surface area (Å²) in [6.07, 6.45) is -0.891. The van der Waals surface area contributed by atoms with Gasteiger partial charge in [0.25, 0.3) is 11.8 Å². The second-order valence-electron chi connectivity index (χ2n) is 12.9. The fraction of sp³-hybridized carbons (Fsp3) is 0.364. The van der Waals surface area contributed by atoms with Crippen molar-refractivity contribution in [3.05, 3.63) is 82.6 Å². The van der Waals surface area contributed by atoms with E-state index in [0.717, 1.165) is 49.6 Å². The van der Waals surface area contributed by atoms with Gasteiger partial charge in [0.2, 0.25) is 0 Å². The van der Waals surface area contributed by atoms with Crippen molar-refractivity contribution in [2.24, 2.45) is 5.41 Å². The zero-order valence-corrected chi connectivity index (χ0v) is 26.7. The molecule has 49 heavy (non-hydrogen) atoms. The molecule has 1 spiro atoms. The average Bonchev–Trinajstić information content (AvgIpc) is 3.89. The number of amides is 2. The molecule has 2 amide bonds. The maximum Gasteiger partial charge on any atom is 0.491 e. The molecule has 4 aliphatic heterocycles. The number of carbonyl (C=O) groups excluding carboxylic acids is 3. The van der Waals surface area contributed by atoms with Gasteiger partial charge in [-0.05, 0) is 61.2 Å². The van der Waals surface area contributed by atoms with E-state index in [2.05, 4.69) is 25.5 Å². The van der Waals surface area contributed by atoms with Gasteiger partial charge < -0.3 is 19.5 Å². The first-order valence-electron chi connectivity index (χ1n) is 15.7. The van der Waals surface area contributed by atoms with Gasteiger partial charge in [0.05, 0.1) is 12.9 Å². The number of aromatic nitrogens is 3. The number of nitrogens with one attached hydrogen (secondary N) is 2. The van der Waals surface area contributed by atoms with Crippen LogP contribution in [-0.2, 0) is 39.6 Å². The number of nitrogens with zero attached hydrogens (tertiary/aromatic N) is 5. The maximum absolute atomic E-state index is 15.9. The summed E-state index contributed by atoms with van der Waals surface area (Å²) in [6.45, 7) is 3.66. The van der Waals surface area contributed by atoms with Crippen molar-refractivity contribution in [3.8, 4) is 11.1 Å². The average molecular weight is 696 g/mol. The van der Waals surface area contributed by atoms with Crippen LogP contribution in [0.4, 0.5) is 28.4 Å². The number of aryl methyl sites for hydroxylation is 1. The smallest absolute Gasteiger partial charge is 0.416 e. The highest BCUT2D eigenvalue weighted by Crippen LogP contribution is 2.44. The molecule has 0 bridgehead atoms. The zero-order chi connectivity index (χ0) is 34.1. The van der Waals surface area contributed by atoms with E-state index in [1.807, 2.05) is 24.3 Å². The van der Waals surface area contributed by atoms with Crippen molar-refractivity contribution in [1.82, 2.24) is 24.8 Å². The Kier molecular flexibility index (Phi) is 7.30. The quantitative estimate of drug-likeness (QED) is 0.215. The largest absolute Gasteiger partial charge is 0.491 e. The third-order valence-electron chi connectivity index (χ3n) is 9.83. The van der Waals surface area contributed by atoms with Crippen LogP contribution < -0.4 is 15.5 Å². The van der Waals surface area contributed by atoms with E-state index < -0.39 is 42.0 Å². The normalized spacial score (nSPS) is 19.1. The number of hydrogen-bond donors (Lipinski definition) is 2. The van der Waals surface area contributed by atoms with Crippen LogP contribution in [0.1, 0.15) is 40.2 Å². The van der Waals surface area contributed by atoms with Gasteiger partial charge in [-0.25, -0.2) is 19.2 Å². The lowest BCUT2D eigenvalue weighted by Crippen LogP contribution is -2.59. The molecule has 4 aromatic rings. The summed E-state index contributed by atoms with van der Waals surface area (Å²) in [6, 6.07) is 10.2. The minimum Gasteiger partial charge on any atom is -0.416 e. The number of esters is 1. The van der Waals surface area contributed by atoms with Gasteiger partial charge in [-0.1, -0.05) is 12.1 Å². The summed E-state index contributed by atoms with van der Waals surface area (Å²) in [4.78, 5) is 52.2. The highest BCUT2D eigenvalue weighted by atomic mass is 32.1. The molecule has 11 nitrogen and oxygen atoms in total. The minimum atomic E-state index is -5.54. The molecule has 4 aliphatic rings. The SMILES string of the molecule is O=C1c2cc(-c3ccc(N4CC5(CCNC5)C4)cc3)cc(F)c2CN1C(OC(=O)C(F)(F)F)(C(=O)Nc1nccs1)c1ncn2c1CCC2. The number of rotatable bonds is 7. The molecule has 2 aromatic heterocycles. The summed E-state index contributed by atoms with van der Waals surface area (Å²) in [5.41, 5.74) is -1.18. The predicted octanol–water partition coefficient (Wildman–Crippen LogP) is 4.44. The Morgan fingerprint density at radius 1 is 1.08 bits per heavy atom. The van der Waals surface area contributed by atoms with Gasteiger partial charge in [-0.3, -0.25) is 19.8 Å². The van der Waals surface area contributed by atoms with E-state index >= 15 is 4.39 Å². The Morgan fingerprint density at radius 2 is 1.88 bits per heavy atom. The van der Waals surface area contributed by atoms with E-state index in [0.29, 0.717) is 40.1 Å². The Balaban J connectivity index is 1.17. The molecule has 16 heteroatoms. The van der Waals surface area contributed by atoms with Crippen LogP contribution in [0.3, 0.4) is 0 Å². The van der Waals surface area contributed by atoms with Gasteiger partial charge in [0, 0.05) is 65.7 Å². The molecule has 0 radical (unpaired) electrons. The van der Waals surface area contributed by atoms with E-state index in [1.54, 1.807) is 4.57 Å². The maximum atomic E-state index is 15.9. The number of fused-ring (bicyclic) bond motifs is 2. The minimum absolute atomic E-state index is 0.0253. The summed E-state index contributed by atoms with van der Waals surface area (Å²) in [5, 5.41) is 7.30. The number of imidazole rings is 1. The van der Waals surface area contributed by atoms with Crippen LogP contribution in [0.25, 0.3) is 11.1 Å². The molecule has 2 fully saturated rings. The number of halogens is 4. The molecule has 2 N–H and O–H groups in total. The second-order valence-corrected chi connectivity index (χ2v) is 13.8. The lowest BCUT2D eigenvalue weighted by Gasteiger charge is -2.49. The number of benzene rings is 2. The fourth-order valence-electron chi connectivity index (χ4n) is 7.39. The lowest BCUT2D eigenvalue weighted by atomic mass is 9.79. The second kappa shape index (κ2) is 11.4. The van der Waals surface area contributed by atoms with Gasteiger partial charge in [-0.15, -0.1) is 11.3 Å². The summed E-state index contributed by atoms with van der Waals surface area (Å²) in [5.74, 6) is -5.85. The van der Waals surface area contributed by atoms with Crippen molar-refractivity contribution in [2.45, 2.75) is 44.3 Å². The first-order chi connectivity index (χ1) is 23.5. The van der Waals surface area contributed by atoms with Crippen LogP contribution in [-0.4, -0.2) is 69.6 Å². The Labute approximate surface area is 280 Å². The molecular weight excluding hydrogens is 666 g/mol. The highest BCUT2D eigenvalue weighted by molar-refractivity contribution is 7.13. The van der Waals surface area contributed by atoms with E-state index in [-0.39, 0.29) is 28.4 Å². The number of ether oxygens (including phenoxy) is 1. The first-order valence-corrected chi connectivity index (χ1v) is 16.6. The molecular formula is C33H29F4N7O4S. The van der Waals surface area contributed by atoms with E-state index in [9.17, 15) is 27.6 Å². The van der Waals surface area contributed by atoms with Gasteiger partial charge in [0.1, 0.15) is 11.5 Å². The summed E-state index contributed by atoms with van der Waals surface area (Å²) >= 11 is 0.959. The van der Waals surface area contributed by atoms with Crippen LogP contribution in [0.2, 0.25) is 0 Å². The predicted molar refractivity (Wildman–Crippen MR) is 169 cm³/mol. The molecule has 0 aliphatic carbocycles. The number of alkyl halides is 3. The summed E-state index contributed by atoms with van der Waals surface area (Å²) < 4.78 is 64.2. The zero-order valence-electron chi connectivity index (χ0n) is 25.8. The number of hydrogen-bond acceptors (Lipinski definition) is 9. The standard InChI is InChI=1S/C33H29F4N7O4S/c34-24-13-20(19-3-5-21(6-4-19)43-16-31(17-43)7-8-38-15-31)12-22-23(24)14-44(27(22)45)32(48-29(47)33(35,36)37,28(46)41-30-39-9-11-49-30)26-25-2-1-10-42(25)18-40-26/h3-6,9,11-13,18,38H,1-2,7-8,10,14-17H2,(H,39,41,46). The third-order valence-corrected chi connectivity index (χ3v) is 10.5. The van der Waals surface area contributed by atoms with E-state index in [1.165, 1.54) is 30.0 Å². The molecule has 1 atom stereocenters. The molecule has 8 rings (SSSR count). The number of carbonyl (C=O) groups is 3. The monoisotopic (exact) mass is 695 g/mol. The molecule has 2 aromatic carbocycles.